The molecule has 1 saturated heterocycles. The molecule has 0 aromatic heterocycles. The van der Waals surface area contributed by atoms with Crippen LogP contribution in [0.15, 0.2) is 59.5 Å². The lowest BCUT2D eigenvalue weighted by Crippen LogP contribution is -2.32. The Morgan fingerprint density at radius 1 is 1.00 bits per heavy atom. The monoisotopic (exact) mass is 405 g/mol. The Morgan fingerprint density at radius 3 is 2.33 bits per heavy atom. The van der Waals surface area contributed by atoms with E-state index in [1.807, 2.05) is 6.07 Å². The highest BCUT2D eigenvalue weighted by molar-refractivity contribution is 7.92. The van der Waals surface area contributed by atoms with Crippen LogP contribution in [0.3, 0.4) is 0 Å². The molecule has 1 aliphatic rings. The maximum absolute atomic E-state index is 12.7. The molecule has 7 heteroatoms. The molecule has 142 valence electrons. The summed E-state index contributed by atoms with van der Waals surface area (Å²) in [4.78, 5) is 26.3. The van der Waals surface area contributed by atoms with Crippen LogP contribution in [0.5, 0.6) is 0 Å². The highest BCUT2D eigenvalue weighted by Crippen LogP contribution is 2.25. The normalized spacial score (nSPS) is 17.1. The van der Waals surface area contributed by atoms with E-state index in [1.165, 1.54) is 17.0 Å². The molecule has 0 bridgehead atoms. The Balaban J connectivity index is 1.58. The van der Waals surface area contributed by atoms with Crippen LogP contribution in [0.1, 0.15) is 29.6 Å². The van der Waals surface area contributed by atoms with E-state index in [1.54, 1.807) is 36.4 Å². The predicted molar refractivity (Wildman–Crippen MR) is 104 cm³/mol. The van der Waals surface area contributed by atoms with Crippen LogP contribution >= 0.6 is 11.6 Å². The number of hydrogen-bond acceptors (Lipinski definition) is 4. The maximum atomic E-state index is 12.7. The van der Waals surface area contributed by atoms with Crippen molar-refractivity contribution in [1.82, 2.24) is 4.90 Å². The third-order valence-corrected chi connectivity index (χ3v) is 7.18. The van der Waals surface area contributed by atoms with E-state index < -0.39 is 15.1 Å². The van der Waals surface area contributed by atoms with Crippen LogP contribution in [0.4, 0.5) is 0 Å². The number of amides is 1. The molecule has 27 heavy (non-hydrogen) atoms. The molecular formula is C20H20ClNO4S. The fourth-order valence-corrected chi connectivity index (χ4v) is 4.99. The topological polar surface area (TPSA) is 71.5 Å². The van der Waals surface area contributed by atoms with Gasteiger partial charge in [-0.2, -0.15) is 0 Å². The van der Waals surface area contributed by atoms with Gasteiger partial charge in [0.15, 0.2) is 15.6 Å². The van der Waals surface area contributed by atoms with Gasteiger partial charge in [0.1, 0.15) is 0 Å². The van der Waals surface area contributed by atoms with Crippen molar-refractivity contribution in [3.63, 3.8) is 0 Å². The van der Waals surface area contributed by atoms with Crippen LogP contribution in [-0.4, -0.2) is 43.3 Å². The van der Waals surface area contributed by atoms with Gasteiger partial charge in [-0.15, -0.1) is 0 Å². The third-order valence-electron chi connectivity index (χ3n) is 4.74. The number of hydrogen-bond donors (Lipinski definition) is 0. The second kappa shape index (κ2) is 8.23. The van der Waals surface area contributed by atoms with Crippen molar-refractivity contribution in [3.8, 4) is 0 Å². The molecular weight excluding hydrogens is 386 g/mol. The largest absolute Gasteiger partial charge is 0.341 e. The average molecular weight is 406 g/mol. The van der Waals surface area contributed by atoms with E-state index in [9.17, 15) is 18.0 Å². The molecule has 1 aliphatic heterocycles. The number of halogens is 1. The molecule has 0 saturated carbocycles. The smallest absolute Gasteiger partial charge is 0.223 e. The average Bonchev–Trinajstić information content (AvgIpc) is 3.18. The molecule has 1 atom stereocenters. The number of ketones is 1. The van der Waals surface area contributed by atoms with Gasteiger partial charge >= 0.3 is 0 Å². The molecule has 2 aromatic carbocycles. The van der Waals surface area contributed by atoms with Gasteiger partial charge in [-0.05, 0) is 30.7 Å². The fourth-order valence-electron chi connectivity index (χ4n) is 3.17. The first-order valence-electron chi connectivity index (χ1n) is 8.73. The Hall–Kier alpha value is -2.18. The minimum atomic E-state index is -3.52. The highest BCUT2D eigenvalue weighted by Gasteiger charge is 2.36. The molecule has 2 aromatic rings. The van der Waals surface area contributed by atoms with Gasteiger partial charge in [-0.25, -0.2) is 8.42 Å². The molecule has 3 rings (SSSR count). The van der Waals surface area contributed by atoms with Crippen molar-refractivity contribution in [3.05, 3.63) is 65.2 Å². The molecule has 0 spiro atoms. The van der Waals surface area contributed by atoms with Crippen molar-refractivity contribution >= 4 is 33.1 Å². The highest BCUT2D eigenvalue weighted by atomic mass is 35.5. The second-order valence-corrected chi connectivity index (χ2v) is 9.20. The molecule has 1 amide bonds. The summed E-state index contributed by atoms with van der Waals surface area (Å²) in [5.41, 5.74) is 0.579. The molecule has 0 radical (unpaired) electrons. The lowest BCUT2D eigenvalue weighted by molar-refractivity contribution is -0.130. The zero-order valence-corrected chi connectivity index (χ0v) is 16.2. The van der Waals surface area contributed by atoms with Gasteiger partial charge in [-0.1, -0.05) is 41.9 Å². The first-order chi connectivity index (χ1) is 12.9. The summed E-state index contributed by atoms with van der Waals surface area (Å²) < 4.78 is 25.5. The van der Waals surface area contributed by atoms with Gasteiger partial charge in [0, 0.05) is 36.5 Å². The van der Waals surface area contributed by atoms with E-state index in [4.69, 9.17) is 11.6 Å². The molecule has 0 aliphatic carbocycles. The molecule has 0 N–H and O–H groups in total. The number of carbonyl (C=O) groups is 2. The van der Waals surface area contributed by atoms with E-state index >= 15 is 0 Å². The summed E-state index contributed by atoms with van der Waals surface area (Å²) in [7, 11) is -3.52. The number of nitrogens with zero attached hydrogens (tertiary/aromatic N) is 1. The van der Waals surface area contributed by atoms with Crippen LogP contribution in [0.2, 0.25) is 5.02 Å². The molecule has 1 unspecified atom stereocenters. The first kappa shape index (κ1) is 19.6. The van der Waals surface area contributed by atoms with Gasteiger partial charge in [0.05, 0.1) is 10.1 Å². The summed E-state index contributed by atoms with van der Waals surface area (Å²) in [5, 5.41) is -0.160. The minimum absolute atomic E-state index is 0.0848. The Morgan fingerprint density at radius 2 is 1.67 bits per heavy atom. The van der Waals surface area contributed by atoms with Gasteiger partial charge in [0.2, 0.25) is 5.91 Å². The number of likely N-dealkylation sites (tertiary alicyclic amines) is 1. The number of sulfone groups is 1. The summed E-state index contributed by atoms with van der Waals surface area (Å²) in [5.74, 6) is -0.276. The number of benzene rings is 2. The van der Waals surface area contributed by atoms with E-state index in [0.29, 0.717) is 23.6 Å². The Labute approximate surface area is 163 Å². The van der Waals surface area contributed by atoms with Crippen molar-refractivity contribution in [2.45, 2.75) is 29.4 Å². The summed E-state index contributed by atoms with van der Waals surface area (Å²) in [6.07, 6.45) is 0.596. The molecule has 1 heterocycles. The van der Waals surface area contributed by atoms with Crippen LogP contribution in [-0.2, 0) is 14.6 Å². The minimum Gasteiger partial charge on any atom is -0.341 e. The van der Waals surface area contributed by atoms with Crippen molar-refractivity contribution < 1.29 is 18.0 Å². The van der Waals surface area contributed by atoms with Gasteiger partial charge in [0.25, 0.3) is 0 Å². The standard InChI is InChI=1S/C20H20ClNO4S/c21-16-6-8-17(9-7-16)27(25,26)18-12-13-22(14-18)20(24)11-10-19(23)15-4-2-1-3-5-15/h1-9,18H,10-14H2. The van der Waals surface area contributed by atoms with Crippen molar-refractivity contribution in [2.75, 3.05) is 13.1 Å². The quantitative estimate of drug-likeness (QED) is 0.691. The van der Waals surface area contributed by atoms with Crippen LogP contribution in [0, 0.1) is 0 Å². The van der Waals surface area contributed by atoms with Crippen LogP contribution < -0.4 is 0 Å². The molecule has 5 nitrogen and oxygen atoms in total. The van der Waals surface area contributed by atoms with Crippen LogP contribution in [0.25, 0.3) is 0 Å². The lowest BCUT2D eigenvalue weighted by Gasteiger charge is -2.16. The predicted octanol–water partition coefficient (Wildman–Crippen LogP) is 3.38. The number of carbonyl (C=O) groups excluding carboxylic acids is 2. The SMILES string of the molecule is O=C(CCC(=O)N1CCC(S(=O)(=O)c2ccc(Cl)cc2)C1)c1ccccc1. The number of rotatable bonds is 6. The zero-order valence-electron chi connectivity index (χ0n) is 14.7. The lowest BCUT2D eigenvalue weighted by atomic mass is 10.1. The zero-order chi connectivity index (χ0) is 19.4. The summed E-state index contributed by atoms with van der Waals surface area (Å²) >= 11 is 5.82. The summed E-state index contributed by atoms with van der Waals surface area (Å²) in [6, 6.07) is 14.9. The second-order valence-electron chi connectivity index (χ2n) is 6.54. The van der Waals surface area contributed by atoms with Crippen molar-refractivity contribution in [2.24, 2.45) is 0 Å². The van der Waals surface area contributed by atoms with E-state index in [2.05, 4.69) is 0 Å². The Kier molecular flexibility index (Phi) is 5.97. The van der Waals surface area contributed by atoms with E-state index in [-0.39, 0.29) is 36.0 Å². The fraction of sp³-hybridized carbons (Fsp3) is 0.300. The van der Waals surface area contributed by atoms with E-state index in [0.717, 1.165) is 0 Å². The third kappa shape index (κ3) is 4.57. The summed E-state index contributed by atoms with van der Waals surface area (Å²) in [6.45, 7) is 0.541. The Bertz CT molecular complexity index is 926. The number of Topliss-reactive ketones (excluding diaryl/α,β-unsaturated/α-hetero) is 1. The maximum Gasteiger partial charge on any atom is 0.223 e. The van der Waals surface area contributed by atoms with Gasteiger partial charge < -0.3 is 4.90 Å². The van der Waals surface area contributed by atoms with Gasteiger partial charge in [-0.3, -0.25) is 9.59 Å². The van der Waals surface area contributed by atoms with Crippen molar-refractivity contribution in [1.29, 1.82) is 0 Å². The first-order valence-corrected chi connectivity index (χ1v) is 10.7. The molecule has 1 fully saturated rings.